The largest absolute Gasteiger partial charge is 0.338 e. The van der Waals surface area contributed by atoms with Crippen molar-refractivity contribution in [1.82, 2.24) is 4.84 Å². The Bertz CT molecular complexity index is 262. The molecule has 0 saturated carbocycles. The van der Waals surface area contributed by atoms with E-state index in [4.69, 9.17) is 20.8 Å². The smallest absolute Gasteiger partial charge is 0.330 e. The fourth-order valence-electron chi connectivity index (χ4n) is 1.06. The van der Waals surface area contributed by atoms with Gasteiger partial charge in [-0.3, -0.25) is 4.57 Å². The van der Waals surface area contributed by atoms with Crippen LogP contribution in [0.15, 0.2) is 0 Å². The van der Waals surface area contributed by atoms with Crippen LogP contribution < -0.4 is 9.74 Å². The lowest BCUT2D eigenvalue weighted by Crippen LogP contribution is -3.06. The SMILES string of the molecule is COP(=O)(CCC(C)(C)NCl)OCC[NH+](C)C. The Morgan fingerprint density at radius 2 is 2.00 bits per heavy atom. The van der Waals surface area contributed by atoms with Crippen molar-refractivity contribution < 1.29 is 18.5 Å². The van der Waals surface area contributed by atoms with Crippen LogP contribution in [0.5, 0.6) is 0 Å². The molecule has 0 aliphatic heterocycles. The molecule has 0 saturated heterocycles. The highest BCUT2D eigenvalue weighted by molar-refractivity contribution is 7.53. The minimum atomic E-state index is -2.98. The van der Waals surface area contributed by atoms with E-state index < -0.39 is 7.60 Å². The molecule has 1 unspecified atom stereocenters. The normalized spacial score (nSPS) is 16.2. The molecule has 0 aliphatic carbocycles. The molecule has 7 heteroatoms. The van der Waals surface area contributed by atoms with Crippen LogP contribution in [0.4, 0.5) is 0 Å². The predicted molar refractivity (Wildman–Crippen MR) is 70.8 cm³/mol. The minimum Gasteiger partial charge on any atom is -0.338 e. The first-order valence-electron chi connectivity index (χ1n) is 5.71. The zero-order valence-corrected chi connectivity index (χ0v) is 13.0. The molecule has 0 bridgehead atoms. The number of likely N-dealkylation sites (N-methyl/N-ethyl adjacent to an activating group) is 1. The number of hydrogen-bond acceptors (Lipinski definition) is 4. The number of nitrogens with one attached hydrogen (secondary N) is 2. The number of rotatable bonds is 9. The first kappa shape index (κ1) is 17.4. The van der Waals surface area contributed by atoms with Gasteiger partial charge in [-0.1, -0.05) is 0 Å². The molecule has 0 rings (SSSR count). The van der Waals surface area contributed by atoms with Gasteiger partial charge in [0.05, 0.1) is 20.3 Å². The van der Waals surface area contributed by atoms with Crippen LogP contribution in [0.25, 0.3) is 0 Å². The topological polar surface area (TPSA) is 52.0 Å². The molecular weight excluding hydrogens is 263 g/mol. The summed E-state index contributed by atoms with van der Waals surface area (Å²) in [5.74, 6) is 0. The summed E-state index contributed by atoms with van der Waals surface area (Å²) in [4.78, 5) is 3.89. The molecule has 0 aliphatic rings. The van der Waals surface area contributed by atoms with E-state index >= 15 is 0 Å². The molecule has 0 spiro atoms. The van der Waals surface area contributed by atoms with Crippen LogP contribution in [0.1, 0.15) is 20.3 Å². The molecule has 0 amide bonds. The highest BCUT2D eigenvalue weighted by Gasteiger charge is 2.27. The Kier molecular flexibility index (Phi) is 7.88. The van der Waals surface area contributed by atoms with Gasteiger partial charge in [-0.15, -0.1) is 0 Å². The van der Waals surface area contributed by atoms with Crippen LogP contribution >= 0.6 is 19.4 Å². The molecule has 0 radical (unpaired) electrons. The zero-order chi connectivity index (χ0) is 13.5. The highest BCUT2D eigenvalue weighted by atomic mass is 35.5. The van der Waals surface area contributed by atoms with Crippen LogP contribution in [0.3, 0.4) is 0 Å². The van der Waals surface area contributed by atoms with Crippen molar-refractivity contribution in [2.24, 2.45) is 0 Å². The molecule has 1 atom stereocenters. The van der Waals surface area contributed by atoms with Crippen molar-refractivity contribution in [2.45, 2.75) is 25.8 Å². The van der Waals surface area contributed by atoms with Crippen LogP contribution in [0.2, 0.25) is 0 Å². The summed E-state index contributed by atoms with van der Waals surface area (Å²) in [5, 5.41) is 0. The quantitative estimate of drug-likeness (QED) is 0.489. The maximum absolute atomic E-state index is 12.2. The maximum atomic E-state index is 12.2. The zero-order valence-electron chi connectivity index (χ0n) is 11.4. The average Bonchev–Trinajstić information content (AvgIpc) is 2.26. The Labute approximate surface area is 109 Å². The molecule has 5 nitrogen and oxygen atoms in total. The first-order chi connectivity index (χ1) is 7.74. The summed E-state index contributed by atoms with van der Waals surface area (Å²) >= 11 is 5.59. The van der Waals surface area contributed by atoms with Gasteiger partial charge in [-0.25, -0.2) is 4.84 Å². The van der Waals surface area contributed by atoms with Crippen molar-refractivity contribution >= 4 is 19.4 Å². The Hall–Kier alpha value is 0.360. The predicted octanol–water partition coefficient (Wildman–Crippen LogP) is 0.899. The summed E-state index contributed by atoms with van der Waals surface area (Å²) < 4.78 is 22.6. The third-order valence-corrected chi connectivity index (χ3v) is 4.85. The molecule has 0 fully saturated rings. The van der Waals surface area contributed by atoms with E-state index in [9.17, 15) is 4.57 Å². The molecule has 17 heavy (non-hydrogen) atoms. The van der Waals surface area contributed by atoms with Gasteiger partial charge in [-0.2, -0.15) is 0 Å². The van der Waals surface area contributed by atoms with Crippen molar-refractivity contribution in [3.63, 3.8) is 0 Å². The van der Waals surface area contributed by atoms with Crippen LogP contribution in [-0.2, 0) is 13.6 Å². The third-order valence-electron chi connectivity index (χ3n) is 2.43. The van der Waals surface area contributed by atoms with Gasteiger partial charge >= 0.3 is 7.60 Å². The number of quaternary nitrogens is 1. The fourth-order valence-corrected chi connectivity index (χ4v) is 2.77. The monoisotopic (exact) mass is 287 g/mol. The van der Waals surface area contributed by atoms with Gasteiger partial charge in [0.2, 0.25) is 0 Å². The van der Waals surface area contributed by atoms with E-state index in [1.807, 2.05) is 27.9 Å². The highest BCUT2D eigenvalue weighted by Crippen LogP contribution is 2.48. The Morgan fingerprint density at radius 1 is 1.41 bits per heavy atom. The number of halogens is 1. The average molecular weight is 288 g/mol. The molecule has 0 aromatic carbocycles. The van der Waals surface area contributed by atoms with E-state index in [1.54, 1.807) is 0 Å². The molecule has 104 valence electrons. The lowest BCUT2D eigenvalue weighted by Gasteiger charge is -2.24. The molecule has 2 N–H and O–H groups in total. The minimum absolute atomic E-state index is 0.286. The van der Waals surface area contributed by atoms with Gasteiger partial charge in [-0.05, 0) is 32.0 Å². The first-order valence-corrected chi connectivity index (χ1v) is 7.81. The van der Waals surface area contributed by atoms with Crippen molar-refractivity contribution in [2.75, 3.05) is 40.5 Å². The van der Waals surface area contributed by atoms with Crippen LogP contribution in [-0.4, -0.2) is 46.1 Å². The summed E-state index contributed by atoms with van der Waals surface area (Å²) in [6.07, 6.45) is 0.982. The fraction of sp³-hybridized carbons (Fsp3) is 1.00. The van der Waals surface area contributed by atoms with E-state index in [-0.39, 0.29) is 5.54 Å². The van der Waals surface area contributed by atoms with E-state index in [0.717, 1.165) is 6.54 Å². The molecule has 0 aromatic rings. The second-order valence-corrected chi connectivity index (χ2v) is 7.52. The number of hydrogen-bond donors (Lipinski definition) is 2. The van der Waals surface area contributed by atoms with E-state index in [0.29, 0.717) is 19.2 Å². The van der Waals surface area contributed by atoms with Crippen molar-refractivity contribution in [1.29, 1.82) is 0 Å². The van der Waals surface area contributed by atoms with Gasteiger partial charge in [0.1, 0.15) is 13.2 Å². The summed E-state index contributed by atoms with van der Waals surface area (Å²) in [6, 6.07) is 0. The lowest BCUT2D eigenvalue weighted by atomic mass is 10.0. The van der Waals surface area contributed by atoms with Crippen LogP contribution in [0, 0.1) is 0 Å². The van der Waals surface area contributed by atoms with Gasteiger partial charge in [0.25, 0.3) is 0 Å². The Morgan fingerprint density at radius 3 is 2.41 bits per heavy atom. The van der Waals surface area contributed by atoms with Gasteiger partial charge in [0.15, 0.2) is 0 Å². The summed E-state index contributed by atoms with van der Waals surface area (Å²) in [5.41, 5.74) is -0.286. The maximum Gasteiger partial charge on any atom is 0.330 e. The molecule has 0 heterocycles. The standard InChI is InChI=1S/C10H24ClN2O3P/c1-10(2,12-11)6-9-17(14,15-5)16-8-7-13(3)4/h12H,6-9H2,1-5H3/p+1. The molecule has 0 aromatic heterocycles. The second-order valence-electron chi connectivity index (χ2n) is 5.04. The van der Waals surface area contributed by atoms with Gasteiger partial charge in [0, 0.05) is 12.6 Å². The van der Waals surface area contributed by atoms with E-state index in [2.05, 4.69) is 4.84 Å². The second kappa shape index (κ2) is 7.72. The summed E-state index contributed by atoms with van der Waals surface area (Å²) in [6.45, 7) is 5.10. The molecular formula is C10H25ClN2O3P+. The van der Waals surface area contributed by atoms with E-state index in [1.165, 1.54) is 12.0 Å². The van der Waals surface area contributed by atoms with Crippen molar-refractivity contribution in [3.05, 3.63) is 0 Å². The lowest BCUT2D eigenvalue weighted by molar-refractivity contribution is -0.858. The van der Waals surface area contributed by atoms with Gasteiger partial charge < -0.3 is 13.9 Å². The summed E-state index contributed by atoms with van der Waals surface area (Å²) in [7, 11) is 2.47. The van der Waals surface area contributed by atoms with Crippen molar-refractivity contribution in [3.8, 4) is 0 Å². The third kappa shape index (κ3) is 8.14. The Balaban J connectivity index is 4.15.